The zero-order valence-electron chi connectivity index (χ0n) is 12.8. The van der Waals surface area contributed by atoms with Gasteiger partial charge in [-0.3, -0.25) is 9.69 Å². The lowest BCUT2D eigenvalue weighted by molar-refractivity contribution is -0.117. The van der Waals surface area contributed by atoms with E-state index in [1.807, 2.05) is 38.2 Å². The quantitative estimate of drug-likeness (QED) is 0.765. The molecule has 1 amide bonds. The fourth-order valence-corrected chi connectivity index (χ4v) is 2.60. The summed E-state index contributed by atoms with van der Waals surface area (Å²) in [5.74, 6) is 1.32. The van der Waals surface area contributed by atoms with Crippen molar-refractivity contribution in [3.8, 4) is 5.75 Å². The number of ether oxygens (including phenoxy) is 1. The molecule has 1 aromatic rings. The summed E-state index contributed by atoms with van der Waals surface area (Å²) < 4.78 is 5.51. The van der Waals surface area contributed by atoms with Crippen LogP contribution >= 0.6 is 0 Å². The predicted molar refractivity (Wildman–Crippen MR) is 84.4 cm³/mol. The highest BCUT2D eigenvalue weighted by molar-refractivity contribution is 5.93. The molecule has 3 N–H and O–H groups in total. The summed E-state index contributed by atoms with van der Waals surface area (Å²) in [6.07, 6.45) is 2.45. The van der Waals surface area contributed by atoms with Gasteiger partial charge >= 0.3 is 0 Å². The largest absolute Gasteiger partial charge is 0.492 e. The van der Waals surface area contributed by atoms with Crippen molar-refractivity contribution < 1.29 is 9.53 Å². The smallest absolute Gasteiger partial charge is 0.238 e. The molecule has 116 valence electrons. The maximum absolute atomic E-state index is 12.2. The maximum Gasteiger partial charge on any atom is 0.238 e. The number of nitrogens with one attached hydrogen (secondary N) is 1. The van der Waals surface area contributed by atoms with Gasteiger partial charge in [0.1, 0.15) is 5.75 Å². The molecule has 0 radical (unpaired) electrons. The second-order valence-electron chi connectivity index (χ2n) is 5.53. The number of likely N-dealkylation sites (N-methyl/N-ethyl adjacent to an activating group) is 1. The van der Waals surface area contributed by atoms with Crippen LogP contribution in [0, 0.1) is 5.92 Å². The molecule has 1 unspecified atom stereocenters. The van der Waals surface area contributed by atoms with E-state index in [-0.39, 0.29) is 5.91 Å². The van der Waals surface area contributed by atoms with Crippen LogP contribution in [0.5, 0.6) is 5.75 Å². The molecule has 1 aliphatic carbocycles. The molecule has 0 saturated heterocycles. The highest BCUT2D eigenvalue weighted by atomic mass is 16.5. The Balaban J connectivity index is 1.92. The molecule has 0 aliphatic heterocycles. The Morgan fingerprint density at radius 2 is 2.19 bits per heavy atom. The summed E-state index contributed by atoms with van der Waals surface area (Å²) >= 11 is 0. The van der Waals surface area contributed by atoms with Gasteiger partial charge in [-0.2, -0.15) is 0 Å². The molecule has 1 fully saturated rings. The van der Waals surface area contributed by atoms with Crippen LogP contribution in [0.1, 0.15) is 19.8 Å². The van der Waals surface area contributed by atoms with Crippen molar-refractivity contribution in [2.45, 2.75) is 25.8 Å². The molecule has 1 aliphatic rings. The number of carbonyl (C=O) groups is 1. The lowest BCUT2D eigenvalue weighted by Gasteiger charge is -2.26. The Morgan fingerprint density at radius 3 is 2.81 bits per heavy atom. The van der Waals surface area contributed by atoms with Crippen molar-refractivity contribution >= 4 is 11.6 Å². The Kier molecular flexibility index (Phi) is 5.59. The van der Waals surface area contributed by atoms with E-state index < -0.39 is 0 Å². The molecule has 0 spiro atoms. The molecule has 1 atom stereocenters. The molecule has 5 heteroatoms. The summed E-state index contributed by atoms with van der Waals surface area (Å²) in [4.78, 5) is 14.2. The van der Waals surface area contributed by atoms with Crippen molar-refractivity contribution in [3.05, 3.63) is 24.3 Å². The Labute approximate surface area is 126 Å². The first kappa shape index (κ1) is 15.8. The number of para-hydroxylation sites is 2. The summed E-state index contributed by atoms with van der Waals surface area (Å²) in [7, 11) is 1.96. The number of amides is 1. The van der Waals surface area contributed by atoms with Gasteiger partial charge in [-0.1, -0.05) is 12.1 Å². The third-order valence-corrected chi connectivity index (χ3v) is 3.83. The lowest BCUT2D eigenvalue weighted by atomic mass is 10.1. The van der Waals surface area contributed by atoms with Crippen LogP contribution < -0.4 is 15.8 Å². The monoisotopic (exact) mass is 291 g/mol. The number of nitrogens with two attached hydrogens (primary N) is 1. The zero-order chi connectivity index (χ0) is 15.2. The molecule has 2 rings (SSSR count). The number of nitrogens with zero attached hydrogens (tertiary/aromatic N) is 1. The number of anilines is 1. The van der Waals surface area contributed by atoms with E-state index in [1.54, 1.807) is 0 Å². The van der Waals surface area contributed by atoms with E-state index in [9.17, 15) is 4.79 Å². The van der Waals surface area contributed by atoms with Crippen LogP contribution in [0.15, 0.2) is 24.3 Å². The first-order valence-corrected chi connectivity index (χ1v) is 7.57. The van der Waals surface area contributed by atoms with Crippen molar-refractivity contribution in [2.24, 2.45) is 11.7 Å². The van der Waals surface area contributed by atoms with E-state index >= 15 is 0 Å². The number of hydrogen-bond acceptors (Lipinski definition) is 4. The normalized spacial score (nSPS) is 15.8. The van der Waals surface area contributed by atoms with Gasteiger partial charge < -0.3 is 15.8 Å². The van der Waals surface area contributed by atoms with Gasteiger partial charge in [0.05, 0.1) is 18.8 Å². The van der Waals surface area contributed by atoms with Crippen molar-refractivity contribution in [1.29, 1.82) is 0 Å². The van der Waals surface area contributed by atoms with Crippen LogP contribution in [0.25, 0.3) is 0 Å². The van der Waals surface area contributed by atoms with Gasteiger partial charge in [0.15, 0.2) is 0 Å². The number of carbonyl (C=O) groups excluding carboxylic acids is 1. The Morgan fingerprint density at radius 1 is 1.48 bits per heavy atom. The van der Waals surface area contributed by atoms with Crippen LogP contribution in [-0.4, -0.2) is 43.6 Å². The summed E-state index contributed by atoms with van der Waals surface area (Å²) in [6.45, 7) is 3.44. The zero-order valence-corrected chi connectivity index (χ0v) is 12.8. The molecular formula is C16H25N3O2. The van der Waals surface area contributed by atoms with Crippen LogP contribution in [0.2, 0.25) is 0 Å². The van der Waals surface area contributed by atoms with Gasteiger partial charge in [0.25, 0.3) is 0 Å². The van der Waals surface area contributed by atoms with Crippen molar-refractivity contribution in [2.75, 3.05) is 32.1 Å². The molecule has 0 heterocycles. The van der Waals surface area contributed by atoms with Gasteiger partial charge in [-0.15, -0.1) is 0 Å². The van der Waals surface area contributed by atoms with Gasteiger partial charge in [-0.25, -0.2) is 0 Å². The van der Waals surface area contributed by atoms with E-state index in [0.29, 0.717) is 43.1 Å². The first-order valence-electron chi connectivity index (χ1n) is 7.57. The number of benzene rings is 1. The average Bonchev–Trinajstić information content (AvgIpc) is 3.26. The van der Waals surface area contributed by atoms with E-state index in [0.717, 1.165) is 0 Å². The van der Waals surface area contributed by atoms with E-state index in [4.69, 9.17) is 10.5 Å². The standard InChI is InChI=1S/C16H25N3O2/c1-3-21-15-7-5-4-6-13(15)18-16(20)11-19(2)14(10-17)12-8-9-12/h4-7,12,14H,3,8-11,17H2,1-2H3,(H,18,20). The second kappa shape index (κ2) is 7.43. The Bertz CT molecular complexity index is 474. The minimum absolute atomic E-state index is 0.0382. The summed E-state index contributed by atoms with van der Waals surface area (Å²) in [5, 5.41) is 2.92. The van der Waals surface area contributed by atoms with Gasteiger partial charge in [0, 0.05) is 12.6 Å². The summed E-state index contributed by atoms with van der Waals surface area (Å²) in [5.41, 5.74) is 6.53. The van der Waals surface area contributed by atoms with Gasteiger partial charge in [-0.05, 0) is 44.9 Å². The van der Waals surface area contributed by atoms with Crippen LogP contribution in [0.4, 0.5) is 5.69 Å². The van der Waals surface area contributed by atoms with E-state index in [1.165, 1.54) is 12.8 Å². The minimum atomic E-state index is -0.0382. The maximum atomic E-state index is 12.2. The molecule has 1 aromatic carbocycles. The highest BCUT2D eigenvalue weighted by Crippen LogP contribution is 2.34. The molecule has 0 aromatic heterocycles. The van der Waals surface area contributed by atoms with Gasteiger partial charge in [0.2, 0.25) is 5.91 Å². The van der Waals surface area contributed by atoms with Crippen molar-refractivity contribution in [1.82, 2.24) is 4.90 Å². The minimum Gasteiger partial charge on any atom is -0.492 e. The van der Waals surface area contributed by atoms with Crippen LogP contribution in [0.3, 0.4) is 0 Å². The fraction of sp³-hybridized carbons (Fsp3) is 0.562. The average molecular weight is 291 g/mol. The first-order chi connectivity index (χ1) is 10.2. The third kappa shape index (κ3) is 4.44. The number of rotatable bonds is 8. The second-order valence-corrected chi connectivity index (χ2v) is 5.53. The lowest BCUT2D eigenvalue weighted by Crippen LogP contribution is -2.43. The molecular weight excluding hydrogens is 266 g/mol. The predicted octanol–water partition coefficient (Wildman–Crippen LogP) is 1.69. The van der Waals surface area contributed by atoms with Crippen LogP contribution in [-0.2, 0) is 4.79 Å². The summed E-state index contributed by atoms with van der Waals surface area (Å²) in [6, 6.07) is 7.79. The highest BCUT2D eigenvalue weighted by Gasteiger charge is 2.33. The topological polar surface area (TPSA) is 67.6 Å². The third-order valence-electron chi connectivity index (χ3n) is 3.83. The molecule has 21 heavy (non-hydrogen) atoms. The fourth-order valence-electron chi connectivity index (χ4n) is 2.60. The number of hydrogen-bond donors (Lipinski definition) is 2. The molecule has 5 nitrogen and oxygen atoms in total. The van der Waals surface area contributed by atoms with Crippen molar-refractivity contribution in [3.63, 3.8) is 0 Å². The molecule has 0 bridgehead atoms. The Hall–Kier alpha value is -1.59. The van der Waals surface area contributed by atoms with E-state index in [2.05, 4.69) is 10.2 Å². The SMILES string of the molecule is CCOc1ccccc1NC(=O)CN(C)C(CN)C1CC1. The molecule has 1 saturated carbocycles.